The minimum absolute atomic E-state index is 0.240. The average Bonchev–Trinajstić information content (AvgIpc) is 2.55. The number of carbonyl (C=O) groups excluding carboxylic acids is 1. The minimum Gasteiger partial charge on any atom is -0.468 e. The third-order valence-electron chi connectivity index (χ3n) is 3.33. The lowest BCUT2D eigenvalue weighted by Gasteiger charge is -2.07. The Labute approximate surface area is 136 Å². The molecule has 0 spiro atoms. The van der Waals surface area contributed by atoms with Crippen molar-refractivity contribution in [2.75, 3.05) is 19.4 Å². The summed E-state index contributed by atoms with van der Waals surface area (Å²) in [7, 11) is -2.48. The summed E-state index contributed by atoms with van der Waals surface area (Å²) < 4.78 is 30.0. The molecule has 0 saturated heterocycles. The van der Waals surface area contributed by atoms with Crippen LogP contribution in [0.25, 0.3) is 11.1 Å². The molecule has 2 rings (SSSR count). The molecule has 0 radical (unpaired) electrons. The van der Waals surface area contributed by atoms with Crippen LogP contribution in [0.2, 0.25) is 0 Å². The molecule has 0 fully saturated rings. The van der Waals surface area contributed by atoms with Crippen LogP contribution in [0.15, 0.2) is 54.6 Å². The fourth-order valence-electron chi connectivity index (χ4n) is 2.11. The fourth-order valence-corrected chi connectivity index (χ4v) is 3.05. The molecule has 0 aliphatic heterocycles. The largest absolute Gasteiger partial charge is 0.468 e. The van der Waals surface area contributed by atoms with E-state index in [4.69, 9.17) is 0 Å². The second-order valence-electron chi connectivity index (χ2n) is 5.04. The second kappa shape index (κ2) is 7.89. The van der Waals surface area contributed by atoms with Gasteiger partial charge in [-0.3, -0.25) is 4.79 Å². The van der Waals surface area contributed by atoms with Crippen molar-refractivity contribution in [3.05, 3.63) is 60.2 Å². The molecule has 23 heavy (non-hydrogen) atoms. The third kappa shape index (κ3) is 5.50. The van der Waals surface area contributed by atoms with Crippen LogP contribution in [0, 0.1) is 0 Å². The first kappa shape index (κ1) is 17.2. The molecule has 0 amide bonds. The van der Waals surface area contributed by atoms with Gasteiger partial charge >= 0.3 is 5.97 Å². The van der Waals surface area contributed by atoms with Crippen LogP contribution in [-0.2, 0) is 26.0 Å². The summed E-state index contributed by atoms with van der Waals surface area (Å²) in [6.07, 6.45) is 0.551. The molecule has 0 saturated carbocycles. The van der Waals surface area contributed by atoms with E-state index < -0.39 is 21.7 Å². The van der Waals surface area contributed by atoms with Crippen molar-refractivity contribution >= 4 is 16.0 Å². The molecule has 0 aromatic heterocycles. The Kier molecular flexibility index (Phi) is 5.90. The number of hydrogen-bond acceptors (Lipinski definition) is 4. The fraction of sp³-hybridized carbons (Fsp3) is 0.235. The summed E-state index contributed by atoms with van der Waals surface area (Å²) in [5.41, 5.74) is 3.27. The van der Waals surface area contributed by atoms with E-state index in [9.17, 15) is 13.2 Å². The van der Waals surface area contributed by atoms with Crippen LogP contribution >= 0.6 is 0 Å². The second-order valence-corrected chi connectivity index (χ2v) is 6.85. The number of methoxy groups -OCH3 is 1. The van der Waals surface area contributed by atoms with Gasteiger partial charge in [0.1, 0.15) is 0 Å². The van der Waals surface area contributed by atoms with E-state index in [1.807, 2.05) is 54.6 Å². The zero-order chi connectivity index (χ0) is 16.7. The number of sulfonamides is 1. The van der Waals surface area contributed by atoms with E-state index in [1.54, 1.807) is 0 Å². The number of carbonyl (C=O) groups is 1. The van der Waals surface area contributed by atoms with Gasteiger partial charge < -0.3 is 4.74 Å². The summed E-state index contributed by atoms with van der Waals surface area (Å²) in [6, 6.07) is 18.0. The maximum Gasteiger partial charge on any atom is 0.322 e. The highest BCUT2D eigenvalue weighted by molar-refractivity contribution is 7.90. The number of esters is 1. The maximum absolute atomic E-state index is 11.6. The van der Waals surface area contributed by atoms with E-state index in [2.05, 4.69) is 9.46 Å². The predicted octanol–water partition coefficient (Wildman–Crippen LogP) is 1.99. The molecule has 0 atom stereocenters. The Balaban J connectivity index is 1.88. The average molecular weight is 333 g/mol. The van der Waals surface area contributed by atoms with E-state index in [0.29, 0.717) is 6.42 Å². The SMILES string of the molecule is COC(=O)CS(=O)(=O)NCCc1ccc(-c2ccccc2)cc1. The maximum atomic E-state index is 11.6. The summed E-state index contributed by atoms with van der Waals surface area (Å²) in [6.45, 7) is 0.240. The highest BCUT2D eigenvalue weighted by atomic mass is 32.2. The van der Waals surface area contributed by atoms with Crippen LogP contribution < -0.4 is 4.72 Å². The van der Waals surface area contributed by atoms with Crippen molar-refractivity contribution in [2.24, 2.45) is 0 Å². The minimum atomic E-state index is -3.64. The summed E-state index contributed by atoms with van der Waals surface area (Å²) >= 11 is 0. The molecule has 2 aromatic rings. The van der Waals surface area contributed by atoms with Crippen molar-refractivity contribution in [3.63, 3.8) is 0 Å². The van der Waals surface area contributed by atoms with Gasteiger partial charge in [0.05, 0.1) is 7.11 Å². The summed E-state index contributed by atoms with van der Waals surface area (Å²) in [5, 5.41) is 0. The normalized spacial score (nSPS) is 11.2. The van der Waals surface area contributed by atoms with Gasteiger partial charge in [0.15, 0.2) is 5.75 Å². The molecular formula is C17H19NO4S. The Morgan fingerprint density at radius 1 is 1.00 bits per heavy atom. The number of benzene rings is 2. The van der Waals surface area contributed by atoms with Gasteiger partial charge in [-0.2, -0.15) is 0 Å². The Hall–Kier alpha value is -2.18. The van der Waals surface area contributed by atoms with Crippen LogP contribution in [0.4, 0.5) is 0 Å². The smallest absolute Gasteiger partial charge is 0.322 e. The Bertz CT molecular complexity index is 740. The van der Waals surface area contributed by atoms with Crippen LogP contribution in [0.3, 0.4) is 0 Å². The molecule has 0 bridgehead atoms. The van der Waals surface area contributed by atoms with Crippen molar-refractivity contribution in [1.82, 2.24) is 4.72 Å². The van der Waals surface area contributed by atoms with E-state index in [-0.39, 0.29) is 6.54 Å². The Morgan fingerprint density at radius 2 is 1.61 bits per heavy atom. The molecule has 122 valence electrons. The Morgan fingerprint density at radius 3 is 2.22 bits per heavy atom. The molecule has 0 aliphatic rings. The first-order chi connectivity index (χ1) is 11.0. The van der Waals surface area contributed by atoms with Crippen molar-refractivity contribution in [2.45, 2.75) is 6.42 Å². The lowest BCUT2D eigenvalue weighted by atomic mass is 10.0. The highest BCUT2D eigenvalue weighted by Gasteiger charge is 2.15. The number of nitrogens with one attached hydrogen (secondary N) is 1. The van der Waals surface area contributed by atoms with Gasteiger partial charge in [-0.05, 0) is 23.1 Å². The molecule has 1 N–H and O–H groups in total. The summed E-state index contributed by atoms with van der Waals surface area (Å²) in [4.78, 5) is 11.0. The van der Waals surface area contributed by atoms with Gasteiger partial charge in [-0.15, -0.1) is 0 Å². The zero-order valence-corrected chi connectivity index (χ0v) is 13.7. The van der Waals surface area contributed by atoms with Crippen molar-refractivity contribution < 1.29 is 17.9 Å². The molecule has 0 aliphatic carbocycles. The topological polar surface area (TPSA) is 72.5 Å². The predicted molar refractivity (Wildman–Crippen MR) is 89.4 cm³/mol. The van der Waals surface area contributed by atoms with E-state index in [1.165, 1.54) is 0 Å². The van der Waals surface area contributed by atoms with Gasteiger partial charge in [-0.1, -0.05) is 54.6 Å². The standard InChI is InChI=1S/C17H19NO4S/c1-22-17(19)13-23(20,21)18-12-11-14-7-9-16(10-8-14)15-5-3-2-4-6-15/h2-10,18H,11-13H2,1H3. The van der Waals surface area contributed by atoms with E-state index in [0.717, 1.165) is 23.8 Å². The highest BCUT2D eigenvalue weighted by Crippen LogP contribution is 2.19. The van der Waals surface area contributed by atoms with Crippen molar-refractivity contribution in [3.8, 4) is 11.1 Å². The van der Waals surface area contributed by atoms with Gasteiger partial charge in [0, 0.05) is 6.54 Å². The molecule has 5 nitrogen and oxygen atoms in total. The third-order valence-corrected chi connectivity index (χ3v) is 4.59. The van der Waals surface area contributed by atoms with Crippen molar-refractivity contribution in [1.29, 1.82) is 0 Å². The molecular weight excluding hydrogens is 314 g/mol. The van der Waals surface area contributed by atoms with Gasteiger partial charge in [0.25, 0.3) is 0 Å². The first-order valence-corrected chi connectivity index (χ1v) is 8.84. The number of hydrogen-bond donors (Lipinski definition) is 1. The lowest BCUT2D eigenvalue weighted by molar-refractivity contribution is -0.137. The lowest BCUT2D eigenvalue weighted by Crippen LogP contribution is -2.32. The molecule has 0 unspecified atom stereocenters. The van der Waals surface area contributed by atoms with Crippen LogP contribution in [0.1, 0.15) is 5.56 Å². The number of rotatable bonds is 7. The van der Waals surface area contributed by atoms with Crippen LogP contribution in [-0.4, -0.2) is 33.8 Å². The first-order valence-electron chi connectivity index (χ1n) is 7.19. The zero-order valence-electron chi connectivity index (χ0n) is 12.9. The van der Waals surface area contributed by atoms with Gasteiger partial charge in [-0.25, -0.2) is 13.1 Å². The monoisotopic (exact) mass is 333 g/mol. The summed E-state index contributed by atoms with van der Waals surface area (Å²) in [5.74, 6) is -1.43. The van der Waals surface area contributed by atoms with Crippen LogP contribution in [0.5, 0.6) is 0 Å². The molecule has 6 heteroatoms. The van der Waals surface area contributed by atoms with Gasteiger partial charge in [0.2, 0.25) is 10.0 Å². The quantitative estimate of drug-likeness (QED) is 0.787. The van der Waals surface area contributed by atoms with E-state index >= 15 is 0 Å². The molecule has 2 aromatic carbocycles. The number of ether oxygens (including phenoxy) is 1. The molecule has 0 heterocycles.